The van der Waals surface area contributed by atoms with Crippen LogP contribution in [0.15, 0.2) is 48.5 Å². The summed E-state index contributed by atoms with van der Waals surface area (Å²) in [6.45, 7) is 9.48. The predicted molar refractivity (Wildman–Crippen MR) is 118 cm³/mol. The molecule has 1 aromatic heterocycles. The molecule has 0 spiro atoms. The molecule has 0 N–H and O–H groups in total. The fourth-order valence-corrected chi connectivity index (χ4v) is 4.20. The Kier molecular flexibility index (Phi) is 6.40. The number of rotatable bonds is 7. The van der Waals surface area contributed by atoms with E-state index in [0.717, 1.165) is 32.0 Å². The lowest BCUT2D eigenvalue weighted by molar-refractivity contribution is 0.171. The van der Waals surface area contributed by atoms with Crippen molar-refractivity contribution in [3.63, 3.8) is 0 Å². The van der Waals surface area contributed by atoms with Crippen molar-refractivity contribution in [1.82, 2.24) is 25.1 Å². The first-order valence-corrected chi connectivity index (χ1v) is 10.5. The summed E-state index contributed by atoms with van der Waals surface area (Å²) in [6.07, 6.45) is 0. The van der Waals surface area contributed by atoms with Gasteiger partial charge in [-0.3, -0.25) is 4.90 Å². The van der Waals surface area contributed by atoms with Crippen LogP contribution in [0, 0.1) is 13.8 Å². The third kappa shape index (κ3) is 4.22. The van der Waals surface area contributed by atoms with Gasteiger partial charge in [-0.2, -0.15) is 0 Å². The Morgan fingerprint density at radius 1 is 0.967 bits per heavy atom. The fourth-order valence-electron chi connectivity index (χ4n) is 4.20. The number of piperazine rings is 1. The van der Waals surface area contributed by atoms with Crippen LogP contribution in [0.25, 0.3) is 0 Å². The number of methoxy groups -OCH3 is 1. The van der Waals surface area contributed by atoms with Crippen molar-refractivity contribution >= 4 is 5.69 Å². The number of tetrazole rings is 1. The highest BCUT2D eigenvalue weighted by molar-refractivity contribution is 5.56. The van der Waals surface area contributed by atoms with Gasteiger partial charge in [-0.05, 0) is 47.0 Å². The van der Waals surface area contributed by atoms with Crippen LogP contribution >= 0.6 is 0 Å². The molecular weight excluding hydrogens is 376 g/mol. The summed E-state index contributed by atoms with van der Waals surface area (Å²) < 4.78 is 7.12. The van der Waals surface area contributed by atoms with E-state index in [4.69, 9.17) is 4.74 Å². The molecule has 7 nitrogen and oxygen atoms in total. The third-order valence-electron chi connectivity index (χ3n) is 6.02. The molecule has 2 aromatic carbocycles. The summed E-state index contributed by atoms with van der Waals surface area (Å²) in [6, 6.07) is 17.1. The molecule has 3 aromatic rings. The molecule has 0 aliphatic carbocycles. The molecule has 2 heterocycles. The van der Waals surface area contributed by atoms with Crippen LogP contribution < -0.4 is 4.90 Å². The maximum atomic E-state index is 5.25. The molecular formula is C23H30N6O. The SMILES string of the molecule is COCCn1nnnc1[C@H](c1ccccc1)N1CCN(c2cccc(C)c2C)CC1. The second kappa shape index (κ2) is 9.36. The number of hydrogen-bond donors (Lipinski definition) is 0. The minimum Gasteiger partial charge on any atom is -0.383 e. The topological polar surface area (TPSA) is 59.3 Å². The molecule has 30 heavy (non-hydrogen) atoms. The van der Waals surface area contributed by atoms with E-state index >= 15 is 0 Å². The number of benzene rings is 2. The summed E-state index contributed by atoms with van der Waals surface area (Å²) >= 11 is 0. The zero-order chi connectivity index (χ0) is 20.9. The minimum atomic E-state index is 0.0267. The number of aromatic nitrogens is 4. The predicted octanol–water partition coefficient (Wildman–Crippen LogP) is 2.85. The molecule has 0 unspecified atom stereocenters. The smallest absolute Gasteiger partial charge is 0.173 e. The van der Waals surface area contributed by atoms with Crippen molar-refractivity contribution in [1.29, 1.82) is 0 Å². The lowest BCUT2D eigenvalue weighted by atomic mass is 10.0. The van der Waals surface area contributed by atoms with E-state index < -0.39 is 0 Å². The van der Waals surface area contributed by atoms with Gasteiger partial charge in [0, 0.05) is 39.0 Å². The van der Waals surface area contributed by atoms with Gasteiger partial charge in [0.05, 0.1) is 19.2 Å². The normalized spacial score (nSPS) is 16.0. The number of anilines is 1. The highest BCUT2D eigenvalue weighted by Gasteiger charge is 2.30. The number of aryl methyl sites for hydroxylation is 1. The lowest BCUT2D eigenvalue weighted by Gasteiger charge is -2.40. The van der Waals surface area contributed by atoms with Crippen LogP contribution in [0.5, 0.6) is 0 Å². The fraction of sp³-hybridized carbons (Fsp3) is 0.435. The zero-order valence-corrected chi connectivity index (χ0v) is 18.0. The second-order valence-corrected chi connectivity index (χ2v) is 7.81. The Labute approximate surface area is 178 Å². The Hall–Kier alpha value is -2.77. The number of nitrogens with zero attached hydrogens (tertiary/aromatic N) is 6. The zero-order valence-electron chi connectivity index (χ0n) is 18.0. The molecule has 1 atom stereocenters. The molecule has 4 rings (SSSR count). The Morgan fingerprint density at radius 3 is 2.47 bits per heavy atom. The third-order valence-corrected chi connectivity index (χ3v) is 6.02. The van der Waals surface area contributed by atoms with Crippen molar-refractivity contribution in [2.24, 2.45) is 0 Å². The molecule has 0 radical (unpaired) electrons. The first kappa shape index (κ1) is 20.5. The highest BCUT2D eigenvalue weighted by Crippen LogP contribution is 2.30. The van der Waals surface area contributed by atoms with Crippen molar-refractivity contribution in [3.8, 4) is 0 Å². The van der Waals surface area contributed by atoms with E-state index in [2.05, 4.69) is 81.6 Å². The summed E-state index contributed by atoms with van der Waals surface area (Å²) in [5.41, 5.74) is 5.27. The molecule has 1 saturated heterocycles. The van der Waals surface area contributed by atoms with Gasteiger partial charge < -0.3 is 9.64 Å². The van der Waals surface area contributed by atoms with E-state index in [-0.39, 0.29) is 6.04 Å². The standard InChI is InChI=1S/C23H30N6O/c1-18-8-7-11-21(19(18)2)27-12-14-28(15-13-27)22(20-9-5-4-6-10-20)23-24-25-26-29(23)16-17-30-3/h4-11,22H,12-17H2,1-3H3/t22-/m0/s1. The van der Waals surface area contributed by atoms with Gasteiger partial charge in [-0.1, -0.05) is 42.5 Å². The number of hydrogen-bond acceptors (Lipinski definition) is 6. The first-order chi connectivity index (χ1) is 14.7. The van der Waals surface area contributed by atoms with Crippen molar-refractivity contribution in [3.05, 3.63) is 71.0 Å². The summed E-state index contributed by atoms with van der Waals surface area (Å²) in [5, 5.41) is 12.6. The van der Waals surface area contributed by atoms with Crippen LogP contribution in [-0.4, -0.2) is 65.0 Å². The second-order valence-electron chi connectivity index (χ2n) is 7.81. The Morgan fingerprint density at radius 2 is 1.73 bits per heavy atom. The molecule has 1 aliphatic rings. The van der Waals surface area contributed by atoms with Gasteiger partial charge >= 0.3 is 0 Å². The van der Waals surface area contributed by atoms with Crippen LogP contribution in [0.2, 0.25) is 0 Å². The maximum absolute atomic E-state index is 5.25. The van der Waals surface area contributed by atoms with Gasteiger partial charge in [-0.15, -0.1) is 5.10 Å². The van der Waals surface area contributed by atoms with Gasteiger partial charge in [0.15, 0.2) is 5.82 Å². The summed E-state index contributed by atoms with van der Waals surface area (Å²) in [4.78, 5) is 4.99. The highest BCUT2D eigenvalue weighted by atomic mass is 16.5. The van der Waals surface area contributed by atoms with Crippen molar-refractivity contribution in [2.45, 2.75) is 26.4 Å². The molecule has 0 saturated carbocycles. The lowest BCUT2D eigenvalue weighted by Crippen LogP contribution is -2.48. The molecule has 1 aliphatic heterocycles. The van der Waals surface area contributed by atoms with E-state index in [1.165, 1.54) is 22.4 Å². The van der Waals surface area contributed by atoms with E-state index in [0.29, 0.717) is 13.2 Å². The largest absolute Gasteiger partial charge is 0.383 e. The molecule has 158 valence electrons. The molecule has 0 amide bonds. The average molecular weight is 407 g/mol. The monoisotopic (exact) mass is 406 g/mol. The average Bonchev–Trinajstić information content (AvgIpc) is 3.24. The summed E-state index contributed by atoms with van der Waals surface area (Å²) in [7, 11) is 1.70. The molecule has 1 fully saturated rings. The van der Waals surface area contributed by atoms with E-state index in [1.54, 1.807) is 7.11 Å². The quantitative estimate of drug-likeness (QED) is 0.601. The van der Waals surface area contributed by atoms with Crippen LogP contribution in [0.3, 0.4) is 0 Å². The van der Waals surface area contributed by atoms with Gasteiger partial charge in [-0.25, -0.2) is 4.68 Å². The number of ether oxygens (including phenoxy) is 1. The van der Waals surface area contributed by atoms with Crippen LogP contribution in [-0.2, 0) is 11.3 Å². The van der Waals surface area contributed by atoms with E-state index in [1.807, 2.05) is 10.7 Å². The Bertz CT molecular complexity index is 949. The molecule has 7 heteroatoms. The van der Waals surface area contributed by atoms with E-state index in [9.17, 15) is 0 Å². The van der Waals surface area contributed by atoms with Crippen molar-refractivity contribution < 1.29 is 4.74 Å². The van der Waals surface area contributed by atoms with Gasteiger partial charge in [0.1, 0.15) is 0 Å². The van der Waals surface area contributed by atoms with Gasteiger partial charge in [0.2, 0.25) is 0 Å². The first-order valence-electron chi connectivity index (χ1n) is 10.5. The minimum absolute atomic E-state index is 0.0267. The van der Waals surface area contributed by atoms with Gasteiger partial charge in [0.25, 0.3) is 0 Å². The Balaban J connectivity index is 1.57. The van der Waals surface area contributed by atoms with Crippen molar-refractivity contribution in [2.75, 3.05) is 44.8 Å². The molecule has 0 bridgehead atoms. The van der Waals surface area contributed by atoms with Crippen LogP contribution in [0.1, 0.15) is 28.6 Å². The van der Waals surface area contributed by atoms with Crippen LogP contribution in [0.4, 0.5) is 5.69 Å². The maximum Gasteiger partial charge on any atom is 0.173 e. The summed E-state index contributed by atoms with van der Waals surface area (Å²) in [5.74, 6) is 0.874.